The van der Waals surface area contributed by atoms with E-state index in [0.29, 0.717) is 13.1 Å². The van der Waals surface area contributed by atoms with Crippen LogP contribution in [-0.4, -0.2) is 67.4 Å². The highest BCUT2D eigenvalue weighted by Crippen LogP contribution is 2.23. The van der Waals surface area contributed by atoms with Crippen LogP contribution < -0.4 is 15.5 Å². The lowest BCUT2D eigenvalue weighted by Gasteiger charge is -2.29. The third-order valence-corrected chi connectivity index (χ3v) is 4.90. The minimum atomic E-state index is -0.478. The van der Waals surface area contributed by atoms with Gasteiger partial charge in [-0.2, -0.15) is 0 Å². The van der Waals surface area contributed by atoms with E-state index < -0.39 is 5.60 Å². The van der Waals surface area contributed by atoms with Crippen molar-refractivity contribution in [2.75, 3.05) is 50.7 Å². The Balaban J connectivity index is 1.72. The summed E-state index contributed by atoms with van der Waals surface area (Å²) in [6.45, 7) is 12.0. The number of rotatable bonds is 2. The van der Waals surface area contributed by atoms with E-state index in [1.54, 1.807) is 0 Å². The molecule has 150 valence electrons. The Morgan fingerprint density at radius 2 is 1.96 bits per heavy atom. The maximum atomic E-state index is 12.5. The number of nitrogens with one attached hydrogen (secondary N) is 2. The van der Waals surface area contributed by atoms with Crippen molar-refractivity contribution in [3.63, 3.8) is 0 Å². The molecule has 1 aromatic rings. The second-order valence-electron chi connectivity index (χ2n) is 8.35. The van der Waals surface area contributed by atoms with Gasteiger partial charge in [-0.15, -0.1) is 0 Å². The molecule has 2 N–H and O–H groups in total. The van der Waals surface area contributed by atoms with Gasteiger partial charge in [-0.3, -0.25) is 4.98 Å². The first kappa shape index (κ1) is 19.9. The van der Waals surface area contributed by atoms with E-state index in [-0.39, 0.29) is 12.1 Å². The number of hydrogen-bond acceptors (Lipinski definition) is 6. The normalized spacial score (nSPS) is 22.1. The van der Waals surface area contributed by atoms with Crippen LogP contribution in [0.1, 0.15) is 45.2 Å². The van der Waals surface area contributed by atoms with Crippen molar-refractivity contribution in [1.29, 1.82) is 0 Å². The predicted octanol–water partition coefficient (Wildman–Crippen LogP) is 2.15. The fraction of sp³-hybridized carbons (Fsp3) is 0.700. The molecule has 7 nitrogen and oxygen atoms in total. The first-order valence-corrected chi connectivity index (χ1v) is 10.0. The minimum Gasteiger partial charge on any atom is -0.444 e. The fourth-order valence-electron chi connectivity index (χ4n) is 3.55. The Bertz CT molecular complexity index is 623. The molecule has 3 rings (SSSR count). The molecule has 1 atom stereocenters. The molecule has 0 aromatic carbocycles. The van der Waals surface area contributed by atoms with Gasteiger partial charge in [-0.25, -0.2) is 4.79 Å². The first-order chi connectivity index (χ1) is 12.9. The van der Waals surface area contributed by atoms with Gasteiger partial charge in [0.2, 0.25) is 0 Å². The monoisotopic (exact) mass is 375 g/mol. The van der Waals surface area contributed by atoms with E-state index in [1.165, 1.54) is 0 Å². The van der Waals surface area contributed by atoms with Crippen LogP contribution in [0.5, 0.6) is 0 Å². The molecule has 1 amide bonds. The molecule has 0 radical (unpaired) electrons. The van der Waals surface area contributed by atoms with Crippen LogP contribution in [0.15, 0.2) is 18.5 Å². The van der Waals surface area contributed by atoms with E-state index in [9.17, 15) is 4.79 Å². The van der Waals surface area contributed by atoms with Crippen molar-refractivity contribution in [1.82, 2.24) is 20.5 Å². The summed E-state index contributed by atoms with van der Waals surface area (Å²) in [5, 5.41) is 7.01. The van der Waals surface area contributed by atoms with E-state index in [2.05, 4.69) is 26.6 Å². The second kappa shape index (κ2) is 8.89. The van der Waals surface area contributed by atoms with Gasteiger partial charge in [0, 0.05) is 38.9 Å². The Morgan fingerprint density at radius 1 is 1.15 bits per heavy atom. The zero-order chi connectivity index (χ0) is 19.3. The minimum absolute atomic E-state index is 0.0672. The van der Waals surface area contributed by atoms with Crippen molar-refractivity contribution in [2.24, 2.45) is 0 Å². The average Bonchev–Trinajstić information content (AvgIpc) is 3.04. The lowest BCUT2D eigenvalue weighted by Crippen LogP contribution is -2.39. The maximum absolute atomic E-state index is 12.5. The molecule has 2 fully saturated rings. The van der Waals surface area contributed by atoms with E-state index in [1.807, 2.05) is 38.1 Å². The highest BCUT2D eigenvalue weighted by molar-refractivity contribution is 5.68. The van der Waals surface area contributed by atoms with Gasteiger partial charge in [0.05, 0.1) is 17.9 Å². The third-order valence-electron chi connectivity index (χ3n) is 4.90. The maximum Gasteiger partial charge on any atom is 0.410 e. The van der Waals surface area contributed by atoms with Crippen molar-refractivity contribution < 1.29 is 9.53 Å². The SMILES string of the molecule is CC(C)(C)OC(=O)N1CCCNC(c2cncc(N3CCCNCC3)c2)C1. The summed E-state index contributed by atoms with van der Waals surface area (Å²) in [5.74, 6) is 0. The van der Waals surface area contributed by atoms with Crippen LogP contribution in [0.4, 0.5) is 10.5 Å². The van der Waals surface area contributed by atoms with Crippen LogP contribution in [0.3, 0.4) is 0 Å². The zero-order valence-electron chi connectivity index (χ0n) is 16.8. The topological polar surface area (TPSA) is 69.7 Å². The fourth-order valence-corrected chi connectivity index (χ4v) is 3.55. The summed E-state index contributed by atoms with van der Waals surface area (Å²) in [4.78, 5) is 21.2. The zero-order valence-corrected chi connectivity index (χ0v) is 16.8. The average molecular weight is 376 g/mol. The number of anilines is 1. The van der Waals surface area contributed by atoms with Crippen LogP contribution in [0.2, 0.25) is 0 Å². The Labute approximate surface area is 162 Å². The van der Waals surface area contributed by atoms with Crippen molar-refractivity contribution >= 4 is 11.8 Å². The number of nitrogens with zero attached hydrogens (tertiary/aromatic N) is 3. The molecule has 2 aliphatic heterocycles. The molecule has 27 heavy (non-hydrogen) atoms. The number of pyridine rings is 1. The molecule has 0 bridgehead atoms. The molecule has 2 aliphatic rings. The Hall–Kier alpha value is -1.86. The van der Waals surface area contributed by atoms with Crippen molar-refractivity contribution in [2.45, 2.75) is 45.3 Å². The van der Waals surface area contributed by atoms with Crippen LogP contribution >= 0.6 is 0 Å². The number of carbonyl (C=O) groups is 1. The highest BCUT2D eigenvalue weighted by Gasteiger charge is 2.27. The molecule has 3 heterocycles. The van der Waals surface area contributed by atoms with Gasteiger partial charge in [0.1, 0.15) is 5.60 Å². The summed E-state index contributed by atoms with van der Waals surface area (Å²) in [7, 11) is 0. The summed E-state index contributed by atoms with van der Waals surface area (Å²) in [6.07, 6.45) is 5.67. The second-order valence-corrected chi connectivity index (χ2v) is 8.35. The standard InChI is InChI=1S/C20H33N5O2/c1-20(2,3)27-19(26)25-10-5-7-23-18(15-25)16-12-17(14-22-13-16)24-9-4-6-21-8-11-24/h12-14,18,21,23H,4-11,15H2,1-3H3. The van der Waals surface area contributed by atoms with Crippen molar-refractivity contribution in [3.8, 4) is 0 Å². The molecule has 0 saturated carbocycles. The molecule has 2 saturated heterocycles. The molecule has 1 unspecified atom stereocenters. The van der Waals surface area contributed by atoms with Gasteiger partial charge in [0.25, 0.3) is 0 Å². The van der Waals surface area contributed by atoms with Crippen LogP contribution in [-0.2, 0) is 4.74 Å². The van der Waals surface area contributed by atoms with Gasteiger partial charge >= 0.3 is 6.09 Å². The van der Waals surface area contributed by atoms with Crippen LogP contribution in [0, 0.1) is 0 Å². The number of hydrogen-bond donors (Lipinski definition) is 2. The van der Waals surface area contributed by atoms with Crippen LogP contribution in [0.25, 0.3) is 0 Å². The van der Waals surface area contributed by atoms with E-state index >= 15 is 0 Å². The predicted molar refractivity (Wildman–Crippen MR) is 107 cm³/mol. The lowest BCUT2D eigenvalue weighted by atomic mass is 10.1. The summed E-state index contributed by atoms with van der Waals surface area (Å²) in [5.41, 5.74) is 1.81. The summed E-state index contributed by atoms with van der Waals surface area (Å²) < 4.78 is 5.58. The molecule has 7 heteroatoms. The largest absolute Gasteiger partial charge is 0.444 e. The molecule has 1 aromatic heterocycles. The first-order valence-electron chi connectivity index (χ1n) is 10.0. The lowest BCUT2D eigenvalue weighted by molar-refractivity contribution is 0.0247. The number of ether oxygens (including phenoxy) is 1. The van der Waals surface area contributed by atoms with Gasteiger partial charge in [-0.05, 0) is 58.3 Å². The van der Waals surface area contributed by atoms with E-state index in [4.69, 9.17) is 4.74 Å². The summed E-state index contributed by atoms with van der Waals surface area (Å²) in [6, 6.07) is 2.28. The third kappa shape index (κ3) is 5.81. The molecular formula is C20H33N5O2. The molecule has 0 aliphatic carbocycles. The number of amides is 1. The van der Waals surface area contributed by atoms with Gasteiger partial charge < -0.3 is 25.2 Å². The molecular weight excluding hydrogens is 342 g/mol. The van der Waals surface area contributed by atoms with Gasteiger partial charge in [0.15, 0.2) is 0 Å². The number of carbonyl (C=O) groups excluding carboxylic acids is 1. The van der Waals surface area contributed by atoms with E-state index in [0.717, 1.165) is 56.8 Å². The number of aromatic nitrogens is 1. The Morgan fingerprint density at radius 3 is 2.78 bits per heavy atom. The van der Waals surface area contributed by atoms with Gasteiger partial charge in [-0.1, -0.05) is 0 Å². The quantitative estimate of drug-likeness (QED) is 0.826. The summed E-state index contributed by atoms with van der Waals surface area (Å²) >= 11 is 0. The Kier molecular flexibility index (Phi) is 6.55. The molecule has 0 spiro atoms. The smallest absolute Gasteiger partial charge is 0.410 e. The highest BCUT2D eigenvalue weighted by atomic mass is 16.6. The van der Waals surface area contributed by atoms with Crippen molar-refractivity contribution in [3.05, 3.63) is 24.0 Å².